The molecule has 7 nitrogen and oxygen atoms in total. The lowest BCUT2D eigenvalue weighted by atomic mass is 10.1. The molecule has 0 saturated heterocycles. The number of carbonyl (C=O) groups excluding carboxylic acids is 2. The van der Waals surface area contributed by atoms with E-state index in [4.69, 9.17) is 4.74 Å². The molecule has 1 unspecified atom stereocenters. The van der Waals surface area contributed by atoms with Crippen LogP contribution in [0.3, 0.4) is 0 Å². The fourth-order valence-electron chi connectivity index (χ4n) is 2.99. The van der Waals surface area contributed by atoms with Crippen molar-refractivity contribution in [3.63, 3.8) is 0 Å². The minimum Gasteiger partial charge on any atom is -0.462 e. The van der Waals surface area contributed by atoms with Gasteiger partial charge in [-0.3, -0.25) is 9.10 Å². The highest BCUT2D eigenvalue weighted by atomic mass is 32.2. The molecule has 2 aromatic rings. The minimum atomic E-state index is -3.71. The number of amides is 1. The van der Waals surface area contributed by atoms with E-state index in [9.17, 15) is 18.0 Å². The van der Waals surface area contributed by atoms with Gasteiger partial charge in [0.25, 0.3) is 0 Å². The first-order valence-corrected chi connectivity index (χ1v) is 11.2. The number of hydrogen-bond donors (Lipinski definition) is 1. The summed E-state index contributed by atoms with van der Waals surface area (Å²) in [5, 5.41) is 2.71. The van der Waals surface area contributed by atoms with E-state index < -0.39 is 27.9 Å². The Labute approximate surface area is 171 Å². The van der Waals surface area contributed by atoms with Crippen LogP contribution in [-0.2, 0) is 19.6 Å². The Hall–Kier alpha value is -2.87. The van der Waals surface area contributed by atoms with Crippen LogP contribution in [0, 0.1) is 6.92 Å². The minimum absolute atomic E-state index is 0.243. The number of rotatable bonds is 8. The van der Waals surface area contributed by atoms with Crippen LogP contribution in [0.25, 0.3) is 0 Å². The molecule has 0 fully saturated rings. The molecule has 0 bridgehead atoms. The second kappa shape index (κ2) is 9.56. The van der Waals surface area contributed by atoms with Crippen molar-refractivity contribution in [2.75, 3.05) is 22.5 Å². The molecule has 2 aromatic carbocycles. The van der Waals surface area contributed by atoms with E-state index in [0.29, 0.717) is 16.9 Å². The lowest BCUT2D eigenvalue weighted by molar-refractivity contribution is -0.117. The van der Waals surface area contributed by atoms with Crippen LogP contribution >= 0.6 is 0 Å². The van der Waals surface area contributed by atoms with Gasteiger partial charge in [-0.2, -0.15) is 0 Å². The second-order valence-corrected chi connectivity index (χ2v) is 8.47. The van der Waals surface area contributed by atoms with Gasteiger partial charge in [-0.25, -0.2) is 13.2 Å². The number of nitrogens with one attached hydrogen (secondary N) is 1. The first-order valence-electron chi connectivity index (χ1n) is 9.31. The quantitative estimate of drug-likeness (QED) is 0.664. The van der Waals surface area contributed by atoms with Crippen LogP contribution in [-0.4, -0.2) is 39.2 Å². The molecule has 0 spiro atoms. The number of aryl methyl sites for hydroxylation is 1. The Morgan fingerprint density at radius 2 is 1.79 bits per heavy atom. The number of esters is 1. The van der Waals surface area contributed by atoms with Crippen LogP contribution in [0.15, 0.2) is 48.5 Å². The van der Waals surface area contributed by atoms with Gasteiger partial charge in [0.2, 0.25) is 15.9 Å². The van der Waals surface area contributed by atoms with Crippen LogP contribution in [0.4, 0.5) is 11.4 Å². The van der Waals surface area contributed by atoms with Gasteiger partial charge in [-0.05, 0) is 56.2 Å². The molecule has 0 aromatic heterocycles. The van der Waals surface area contributed by atoms with Crippen molar-refractivity contribution in [3.05, 3.63) is 59.7 Å². The maximum Gasteiger partial charge on any atom is 0.338 e. The van der Waals surface area contributed by atoms with Crippen molar-refractivity contribution in [2.45, 2.75) is 33.2 Å². The van der Waals surface area contributed by atoms with Crippen molar-refractivity contribution >= 4 is 33.3 Å². The Morgan fingerprint density at radius 3 is 2.38 bits per heavy atom. The van der Waals surface area contributed by atoms with E-state index in [0.717, 1.165) is 16.1 Å². The topological polar surface area (TPSA) is 92.8 Å². The number of hydrogen-bond acceptors (Lipinski definition) is 5. The maximum atomic E-state index is 13.0. The second-order valence-electron chi connectivity index (χ2n) is 6.61. The normalized spacial score (nSPS) is 12.1. The van der Waals surface area contributed by atoms with E-state index in [1.165, 1.54) is 6.07 Å². The number of ether oxygens (including phenoxy) is 1. The molecule has 2 rings (SSSR count). The van der Waals surface area contributed by atoms with Gasteiger partial charge in [-0.15, -0.1) is 0 Å². The van der Waals surface area contributed by atoms with Crippen molar-refractivity contribution in [1.82, 2.24) is 0 Å². The van der Waals surface area contributed by atoms with E-state index in [1.54, 1.807) is 50.2 Å². The summed E-state index contributed by atoms with van der Waals surface area (Å²) >= 11 is 0. The maximum absolute atomic E-state index is 13.0. The average molecular weight is 419 g/mol. The zero-order valence-electron chi connectivity index (χ0n) is 17.0. The highest BCUT2D eigenvalue weighted by Gasteiger charge is 2.31. The molecular formula is C21H26N2O5S. The fourth-order valence-corrected chi connectivity index (χ4v) is 4.19. The Morgan fingerprint density at radius 1 is 1.10 bits per heavy atom. The molecule has 1 N–H and O–H groups in total. The molecule has 0 saturated carbocycles. The average Bonchev–Trinajstić information content (AvgIpc) is 2.65. The first-order chi connectivity index (χ1) is 13.7. The summed E-state index contributed by atoms with van der Waals surface area (Å²) in [5.41, 5.74) is 2.00. The van der Waals surface area contributed by atoms with Crippen LogP contribution in [0.5, 0.6) is 0 Å². The number of benzene rings is 2. The summed E-state index contributed by atoms with van der Waals surface area (Å²) < 4.78 is 31.1. The van der Waals surface area contributed by atoms with E-state index >= 15 is 0 Å². The van der Waals surface area contributed by atoms with E-state index in [-0.39, 0.29) is 13.0 Å². The van der Waals surface area contributed by atoms with Crippen molar-refractivity contribution in [3.8, 4) is 0 Å². The molecule has 156 valence electrons. The predicted molar refractivity (Wildman–Crippen MR) is 114 cm³/mol. The molecule has 29 heavy (non-hydrogen) atoms. The van der Waals surface area contributed by atoms with Gasteiger partial charge in [-0.1, -0.05) is 25.1 Å². The summed E-state index contributed by atoms with van der Waals surface area (Å²) in [4.78, 5) is 24.9. The van der Waals surface area contributed by atoms with Gasteiger partial charge in [0.05, 0.1) is 24.1 Å². The van der Waals surface area contributed by atoms with Crippen molar-refractivity contribution in [1.29, 1.82) is 0 Å². The van der Waals surface area contributed by atoms with E-state index in [1.807, 2.05) is 13.0 Å². The van der Waals surface area contributed by atoms with Gasteiger partial charge in [0, 0.05) is 5.69 Å². The Bertz CT molecular complexity index is 988. The summed E-state index contributed by atoms with van der Waals surface area (Å²) in [6.45, 7) is 5.55. The van der Waals surface area contributed by atoms with Gasteiger partial charge in [0.15, 0.2) is 0 Å². The number of anilines is 2. The third kappa shape index (κ3) is 5.80. The molecule has 8 heteroatoms. The Kier molecular flexibility index (Phi) is 7.39. The molecule has 1 atom stereocenters. The molecule has 0 aliphatic heterocycles. The number of sulfonamides is 1. The van der Waals surface area contributed by atoms with Crippen LogP contribution < -0.4 is 9.62 Å². The predicted octanol–water partition coefficient (Wildman–Crippen LogP) is 3.36. The van der Waals surface area contributed by atoms with Crippen LogP contribution in [0.1, 0.15) is 36.2 Å². The first kappa shape index (κ1) is 22.4. The molecule has 0 heterocycles. The zero-order chi connectivity index (χ0) is 21.6. The molecule has 0 radical (unpaired) electrons. The summed E-state index contributed by atoms with van der Waals surface area (Å²) in [7, 11) is -3.71. The van der Waals surface area contributed by atoms with Crippen LogP contribution in [0.2, 0.25) is 0 Å². The third-order valence-electron chi connectivity index (χ3n) is 4.23. The summed E-state index contributed by atoms with van der Waals surface area (Å²) in [6.07, 6.45) is 1.34. The lowest BCUT2D eigenvalue weighted by Crippen LogP contribution is -2.47. The van der Waals surface area contributed by atoms with Gasteiger partial charge >= 0.3 is 5.97 Å². The Balaban J connectivity index is 2.33. The monoisotopic (exact) mass is 418 g/mol. The third-order valence-corrected chi connectivity index (χ3v) is 5.41. The van der Waals surface area contributed by atoms with Crippen molar-refractivity contribution < 1.29 is 22.7 Å². The molecule has 0 aliphatic carbocycles. The summed E-state index contributed by atoms with van der Waals surface area (Å²) in [5.74, 6) is -0.978. The fraction of sp³-hybridized carbons (Fsp3) is 0.333. The molecule has 1 amide bonds. The number of carbonyl (C=O) groups is 2. The number of nitrogens with zero attached hydrogens (tertiary/aromatic N) is 1. The van der Waals surface area contributed by atoms with Gasteiger partial charge < -0.3 is 10.1 Å². The highest BCUT2D eigenvalue weighted by Crippen LogP contribution is 2.24. The zero-order valence-corrected chi connectivity index (χ0v) is 17.8. The summed E-state index contributed by atoms with van der Waals surface area (Å²) in [6, 6.07) is 12.4. The van der Waals surface area contributed by atoms with E-state index in [2.05, 4.69) is 5.32 Å². The SMILES string of the molecule is CCOC(=O)c1cccc(NC(=O)C(CC)N(c2cccc(C)c2)S(C)(=O)=O)c1. The molecular weight excluding hydrogens is 392 g/mol. The standard InChI is InChI=1S/C21H26N2O5S/c1-5-19(23(29(4,26)27)18-12-7-9-15(3)13-18)20(24)22-17-11-8-10-16(14-17)21(25)28-6-2/h7-14,19H,5-6H2,1-4H3,(H,22,24). The van der Waals surface area contributed by atoms with Crippen molar-refractivity contribution in [2.24, 2.45) is 0 Å². The lowest BCUT2D eigenvalue weighted by Gasteiger charge is -2.30. The highest BCUT2D eigenvalue weighted by molar-refractivity contribution is 7.92. The smallest absolute Gasteiger partial charge is 0.338 e. The largest absolute Gasteiger partial charge is 0.462 e. The van der Waals surface area contributed by atoms with Gasteiger partial charge in [0.1, 0.15) is 6.04 Å². The molecule has 0 aliphatic rings.